The van der Waals surface area contributed by atoms with Crippen LogP contribution in [-0.2, 0) is 0 Å². The lowest BCUT2D eigenvalue weighted by molar-refractivity contribution is 0.0944. The van der Waals surface area contributed by atoms with Crippen molar-refractivity contribution < 1.29 is 4.79 Å². The quantitative estimate of drug-likeness (QED) is 0.712. The van der Waals surface area contributed by atoms with Crippen molar-refractivity contribution in [3.8, 4) is 11.4 Å². The minimum atomic E-state index is -0.189. The van der Waals surface area contributed by atoms with Gasteiger partial charge in [-0.2, -0.15) is 0 Å². The largest absolute Gasteiger partial charge is 0.350 e. The van der Waals surface area contributed by atoms with Gasteiger partial charge in [0.1, 0.15) is 11.5 Å². The monoisotopic (exact) mass is 360 g/mol. The van der Waals surface area contributed by atoms with E-state index in [1.54, 1.807) is 6.07 Å². The maximum absolute atomic E-state index is 12.6. The normalized spacial score (nSPS) is 10.7. The van der Waals surface area contributed by atoms with Crippen LogP contribution in [0.4, 0.5) is 11.5 Å². The fourth-order valence-electron chi connectivity index (χ4n) is 2.61. The zero-order chi connectivity index (χ0) is 19.2. The third-order valence-corrected chi connectivity index (χ3v) is 4.14. The summed E-state index contributed by atoms with van der Waals surface area (Å²) in [6, 6.07) is 21.4. The van der Waals surface area contributed by atoms with Crippen molar-refractivity contribution in [2.75, 3.05) is 18.5 Å². The molecule has 5 nitrogen and oxygen atoms in total. The van der Waals surface area contributed by atoms with Crippen LogP contribution in [0, 0.1) is 5.92 Å². The Balaban J connectivity index is 2.02. The number of benzene rings is 2. The topological polar surface area (TPSA) is 58.1 Å². The van der Waals surface area contributed by atoms with Crippen LogP contribution < -0.4 is 10.2 Å². The molecule has 1 amide bonds. The molecular weight excluding hydrogens is 336 g/mol. The molecule has 1 heterocycles. The Labute approximate surface area is 160 Å². The highest BCUT2D eigenvalue weighted by Crippen LogP contribution is 2.25. The SMILES string of the molecule is CC(C)CNC(=O)c1cc(N(C)c2ccccc2)nc(-c2ccccc2)n1. The molecule has 0 aliphatic carbocycles. The summed E-state index contributed by atoms with van der Waals surface area (Å²) in [5.74, 6) is 1.39. The molecule has 1 aromatic heterocycles. The predicted octanol–water partition coefficient (Wildman–Crippen LogP) is 4.30. The molecule has 5 heteroatoms. The minimum Gasteiger partial charge on any atom is -0.350 e. The summed E-state index contributed by atoms with van der Waals surface area (Å²) < 4.78 is 0. The highest BCUT2D eigenvalue weighted by Gasteiger charge is 2.16. The van der Waals surface area contributed by atoms with Crippen molar-refractivity contribution in [3.63, 3.8) is 0 Å². The first-order chi connectivity index (χ1) is 13.0. The average molecular weight is 360 g/mol. The lowest BCUT2D eigenvalue weighted by atomic mass is 10.2. The smallest absolute Gasteiger partial charge is 0.270 e. The number of hydrogen-bond acceptors (Lipinski definition) is 4. The number of amides is 1. The first-order valence-electron chi connectivity index (χ1n) is 9.06. The van der Waals surface area contributed by atoms with Crippen LogP contribution >= 0.6 is 0 Å². The number of carbonyl (C=O) groups excluding carboxylic acids is 1. The lowest BCUT2D eigenvalue weighted by Crippen LogP contribution is -2.28. The zero-order valence-corrected chi connectivity index (χ0v) is 15.9. The van der Waals surface area contributed by atoms with Crippen LogP contribution in [0.1, 0.15) is 24.3 Å². The van der Waals surface area contributed by atoms with Crippen LogP contribution in [0.15, 0.2) is 66.7 Å². The van der Waals surface area contributed by atoms with Gasteiger partial charge < -0.3 is 10.2 Å². The van der Waals surface area contributed by atoms with Gasteiger partial charge in [-0.3, -0.25) is 4.79 Å². The van der Waals surface area contributed by atoms with Gasteiger partial charge in [-0.15, -0.1) is 0 Å². The Bertz CT molecular complexity index is 895. The molecule has 27 heavy (non-hydrogen) atoms. The van der Waals surface area contributed by atoms with Gasteiger partial charge in [-0.05, 0) is 18.1 Å². The Morgan fingerprint density at radius 3 is 2.26 bits per heavy atom. The number of nitrogens with one attached hydrogen (secondary N) is 1. The highest BCUT2D eigenvalue weighted by atomic mass is 16.1. The van der Waals surface area contributed by atoms with Gasteiger partial charge in [-0.1, -0.05) is 62.4 Å². The van der Waals surface area contributed by atoms with Crippen LogP contribution in [-0.4, -0.2) is 29.5 Å². The molecule has 0 atom stereocenters. The lowest BCUT2D eigenvalue weighted by Gasteiger charge is -2.19. The summed E-state index contributed by atoms with van der Waals surface area (Å²) in [4.78, 5) is 23.8. The molecule has 0 saturated heterocycles. The van der Waals surface area contributed by atoms with Gasteiger partial charge in [0.05, 0.1) is 0 Å². The second-order valence-corrected chi connectivity index (χ2v) is 6.80. The van der Waals surface area contributed by atoms with Crippen molar-refractivity contribution >= 4 is 17.4 Å². The van der Waals surface area contributed by atoms with E-state index >= 15 is 0 Å². The number of nitrogens with zero attached hydrogens (tertiary/aromatic N) is 3. The van der Waals surface area contributed by atoms with Crippen molar-refractivity contribution in [1.82, 2.24) is 15.3 Å². The third kappa shape index (κ3) is 4.70. The van der Waals surface area contributed by atoms with E-state index in [1.165, 1.54) is 0 Å². The Morgan fingerprint density at radius 1 is 1.00 bits per heavy atom. The average Bonchev–Trinajstić information content (AvgIpc) is 2.72. The van der Waals surface area contributed by atoms with Crippen molar-refractivity contribution in [3.05, 3.63) is 72.4 Å². The van der Waals surface area contributed by atoms with E-state index in [1.807, 2.05) is 72.6 Å². The molecule has 3 rings (SSSR count). The molecule has 0 bridgehead atoms. The summed E-state index contributed by atoms with van der Waals surface area (Å²) in [6.07, 6.45) is 0. The van der Waals surface area contributed by atoms with Crippen LogP contribution in [0.3, 0.4) is 0 Å². The highest BCUT2D eigenvalue weighted by molar-refractivity contribution is 5.93. The molecule has 3 aromatic rings. The summed E-state index contributed by atoms with van der Waals surface area (Å²) in [5, 5.41) is 2.94. The van der Waals surface area contributed by atoms with Crippen molar-refractivity contribution in [1.29, 1.82) is 0 Å². The molecule has 138 valence electrons. The predicted molar refractivity (Wildman–Crippen MR) is 109 cm³/mol. The van der Waals surface area contributed by atoms with E-state index in [9.17, 15) is 4.79 Å². The molecule has 0 unspecified atom stereocenters. The van der Waals surface area contributed by atoms with Gasteiger partial charge in [0.15, 0.2) is 5.82 Å². The maximum Gasteiger partial charge on any atom is 0.270 e. The van der Waals surface area contributed by atoms with E-state index in [-0.39, 0.29) is 5.91 Å². The Kier molecular flexibility index (Phi) is 5.81. The number of aromatic nitrogens is 2. The van der Waals surface area contributed by atoms with Crippen LogP contribution in [0.5, 0.6) is 0 Å². The summed E-state index contributed by atoms with van der Waals surface area (Å²) in [5.41, 5.74) is 2.23. The number of anilines is 2. The second kappa shape index (κ2) is 8.45. The number of carbonyl (C=O) groups is 1. The third-order valence-electron chi connectivity index (χ3n) is 4.14. The molecule has 0 radical (unpaired) electrons. The summed E-state index contributed by atoms with van der Waals surface area (Å²) in [7, 11) is 1.93. The minimum absolute atomic E-state index is 0.189. The fraction of sp³-hybridized carbons (Fsp3) is 0.227. The van der Waals surface area contributed by atoms with E-state index in [0.717, 1.165) is 11.3 Å². The van der Waals surface area contributed by atoms with E-state index in [4.69, 9.17) is 4.98 Å². The molecule has 0 saturated carbocycles. The first-order valence-corrected chi connectivity index (χ1v) is 9.06. The Hall–Kier alpha value is -3.21. The van der Waals surface area contributed by atoms with Gasteiger partial charge in [0, 0.05) is 30.9 Å². The van der Waals surface area contributed by atoms with Crippen molar-refractivity contribution in [2.45, 2.75) is 13.8 Å². The zero-order valence-electron chi connectivity index (χ0n) is 15.9. The number of rotatable bonds is 6. The van der Waals surface area contributed by atoms with Crippen LogP contribution in [0.25, 0.3) is 11.4 Å². The van der Waals surface area contributed by atoms with Gasteiger partial charge >= 0.3 is 0 Å². The molecule has 0 fully saturated rings. The fourth-order valence-corrected chi connectivity index (χ4v) is 2.61. The molecular formula is C22H24N4O. The molecule has 2 aromatic carbocycles. The number of para-hydroxylation sites is 1. The maximum atomic E-state index is 12.6. The number of hydrogen-bond donors (Lipinski definition) is 1. The Morgan fingerprint density at radius 2 is 1.63 bits per heavy atom. The van der Waals surface area contributed by atoms with Gasteiger partial charge in [-0.25, -0.2) is 9.97 Å². The van der Waals surface area contributed by atoms with E-state index in [2.05, 4.69) is 24.1 Å². The first kappa shape index (κ1) is 18.6. The molecule has 1 N–H and O–H groups in total. The standard InChI is InChI=1S/C22H24N4O/c1-16(2)15-23-22(27)19-14-20(26(3)18-12-8-5-9-13-18)25-21(24-19)17-10-6-4-7-11-17/h4-14,16H,15H2,1-3H3,(H,23,27). The summed E-state index contributed by atoms with van der Waals surface area (Å²) >= 11 is 0. The molecule has 0 aliphatic rings. The molecule has 0 spiro atoms. The van der Waals surface area contributed by atoms with E-state index < -0.39 is 0 Å². The van der Waals surface area contributed by atoms with Gasteiger partial charge in [0.25, 0.3) is 5.91 Å². The van der Waals surface area contributed by atoms with E-state index in [0.29, 0.717) is 29.8 Å². The summed E-state index contributed by atoms with van der Waals surface area (Å²) in [6.45, 7) is 4.72. The molecule has 0 aliphatic heterocycles. The van der Waals surface area contributed by atoms with Gasteiger partial charge in [0.2, 0.25) is 0 Å². The second-order valence-electron chi connectivity index (χ2n) is 6.80. The van der Waals surface area contributed by atoms with Crippen molar-refractivity contribution in [2.24, 2.45) is 5.92 Å². The van der Waals surface area contributed by atoms with Crippen LogP contribution in [0.2, 0.25) is 0 Å².